The lowest BCUT2D eigenvalue weighted by molar-refractivity contribution is 0.415. The highest BCUT2D eigenvalue weighted by Gasteiger charge is 2.09. The van der Waals surface area contributed by atoms with Crippen LogP contribution in [0.1, 0.15) is 5.69 Å². The van der Waals surface area contributed by atoms with Gasteiger partial charge < -0.3 is 15.0 Å². The molecule has 0 fully saturated rings. The van der Waals surface area contributed by atoms with E-state index < -0.39 is 0 Å². The number of hydrogen-bond donors (Lipinski definition) is 1. The SMILES string of the molecule is COc1ccc2nc(N)n(CCc3cscn3)c2c1. The number of nitrogens with zero attached hydrogens (tertiary/aromatic N) is 3. The van der Waals surface area contributed by atoms with Crippen molar-refractivity contribution in [3.63, 3.8) is 0 Å². The maximum absolute atomic E-state index is 5.98. The second-order valence-electron chi connectivity index (χ2n) is 4.21. The van der Waals surface area contributed by atoms with Crippen molar-refractivity contribution in [2.75, 3.05) is 12.8 Å². The first kappa shape index (κ1) is 12.0. The number of nitrogens with two attached hydrogens (primary N) is 1. The Morgan fingerprint density at radius 3 is 3.05 bits per heavy atom. The Bertz CT molecular complexity index is 690. The number of thiazole rings is 1. The summed E-state index contributed by atoms with van der Waals surface area (Å²) in [5, 5.41) is 2.05. The number of anilines is 1. The zero-order valence-corrected chi connectivity index (χ0v) is 11.4. The molecule has 0 saturated carbocycles. The number of benzene rings is 1. The molecule has 19 heavy (non-hydrogen) atoms. The Morgan fingerprint density at radius 2 is 2.32 bits per heavy atom. The number of aryl methyl sites for hydroxylation is 2. The molecule has 98 valence electrons. The lowest BCUT2D eigenvalue weighted by atomic mass is 10.3. The normalized spacial score (nSPS) is 11.0. The van der Waals surface area contributed by atoms with Crippen molar-refractivity contribution in [3.8, 4) is 5.75 Å². The quantitative estimate of drug-likeness (QED) is 0.793. The van der Waals surface area contributed by atoms with Crippen LogP contribution in [0.15, 0.2) is 29.1 Å². The van der Waals surface area contributed by atoms with Crippen LogP contribution in [0.3, 0.4) is 0 Å². The van der Waals surface area contributed by atoms with Crippen molar-refractivity contribution in [3.05, 3.63) is 34.8 Å². The van der Waals surface area contributed by atoms with Crippen molar-refractivity contribution in [1.29, 1.82) is 0 Å². The zero-order chi connectivity index (χ0) is 13.2. The number of hydrogen-bond acceptors (Lipinski definition) is 5. The van der Waals surface area contributed by atoms with E-state index in [-0.39, 0.29) is 0 Å². The summed E-state index contributed by atoms with van der Waals surface area (Å²) in [6.07, 6.45) is 0.844. The molecule has 2 N–H and O–H groups in total. The van der Waals surface area contributed by atoms with E-state index in [1.165, 1.54) is 0 Å². The third-order valence-corrected chi connectivity index (χ3v) is 3.70. The van der Waals surface area contributed by atoms with Gasteiger partial charge in [-0.25, -0.2) is 9.97 Å². The summed E-state index contributed by atoms with van der Waals surface area (Å²) in [7, 11) is 1.65. The van der Waals surface area contributed by atoms with Gasteiger partial charge in [0.05, 0.1) is 29.3 Å². The topological polar surface area (TPSA) is 66.0 Å². The Hall–Kier alpha value is -2.08. The van der Waals surface area contributed by atoms with Crippen LogP contribution in [0.2, 0.25) is 0 Å². The molecule has 3 aromatic rings. The number of rotatable bonds is 4. The van der Waals surface area contributed by atoms with E-state index in [0.29, 0.717) is 5.95 Å². The number of methoxy groups -OCH3 is 1. The predicted molar refractivity (Wildman–Crippen MR) is 76.5 cm³/mol. The van der Waals surface area contributed by atoms with E-state index in [0.717, 1.165) is 35.4 Å². The molecule has 0 radical (unpaired) electrons. The minimum absolute atomic E-state index is 0.526. The largest absolute Gasteiger partial charge is 0.497 e. The Morgan fingerprint density at radius 1 is 1.42 bits per heavy atom. The molecule has 0 unspecified atom stereocenters. The van der Waals surface area contributed by atoms with Crippen LogP contribution in [-0.2, 0) is 13.0 Å². The van der Waals surface area contributed by atoms with Crippen molar-refractivity contribution >= 4 is 28.3 Å². The van der Waals surface area contributed by atoms with Gasteiger partial charge in [-0.05, 0) is 12.1 Å². The molecule has 6 heteroatoms. The summed E-state index contributed by atoms with van der Waals surface area (Å²) in [6.45, 7) is 0.763. The smallest absolute Gasteiger partial charge is 0.201 e. The standard InChI is InChI=1S/C13H14N4OS/c1-18-10-2-3-11-12(6-10)17(13(14)16-11)5-4-9-7-19-8-15-9/h2-3,6-8H,4-5H2,1H3,(H2,14,16). The van der Waals surface area contributed by atoms with Crippen molar-refractivity contribution in [2.45, 2.75) is 13.0 Å². The number of nitrogen functional groups attached to an aromatic ring is 1. The van der Waals surface area contributed by atoms with Crippen LogP contribution < -0.4 is 10.5 Å². The van der Waals surface area contributed by atoms with Crippen LogP contribution in [0, 0.1) is 0 Å². The van der Waals surface area contributed by atoms with Crippen LogP contribution in [-0.4, -0.2) is 21.6 Å². The summed E-state index contributed by atoms with van der Waals surface area (Å²) in [6, 6.07) is 5.77. The predicted octanol–water partition coefficient (Wildman–Crippen LogP) is 2.33. The minimum atomic E-state index is 0.526. The van der Waals surface area contributed by atoms with Gasteiger partial charge in [-0.1, -0.05) is 0 Å². The first-order chi connectivity index (χ1) is 9.28. The van der Waals surface area contributed by atoms with Gasteiger partial charge in [0.15, 0.2) is 0 Å². The van der Waals surface area contributed by atoms with E-state index in [2.05, 4.69) is 15.3 Å². The Kier molecular flexibility index (Phi) is 3.08. The fourth-order valence-corrected chi connectivity index (χ4v) is 2.66. The molecule has 5 nitrogen and oxygen atoms in total. The highest BCUT2D eigenvalue weighted by molar-refractivity contribution is 7.07. The highest BCUT2D eigenvalue weighted by Crippen LogP contribution is 2.23. The maximum Gasteiger partial charge on any atom is 0.201 e. The fraction of sp³-hybridized carbons (Fsp3) is 0.231. The lowest BCUT2D eigenvalue weighted by Gasteiger charge is -2.06. The monoisotopic (exact) mass is 274 g/mol. The molecular formula is C13H14N4OS. The van der Waals surface area contributed by atoms with E-state index in [1.54, 1.807) is 18.4 Å². The zero-order valence-electron chi connectivity index (χ0n) is 10.5. The molecule has 0 saturated heterocycles. The van der Waals surface area contributed by atoms with Crippen LogP contribution in [0.25, 0.3) is 11.0 Å². The fourth-order valence-electron chi connectivity index (χ4n) is 2.07. The molecule has 0 aliphatic rings. The molecule has 0 atom stereocenters. The second-order valence-corrected chi connectivity index (χ2v) is 4.92. The molecule has 0 amide bonds. The van der Waals surface area contributed by atoms with Gasteiger partial charge in [0, 0.05) is 24.4 Å². The summed E-state index contributed by atoms with van der Waals surface area (Å²) in [5.41, 5.74) is 10.8. The minimum Gasteiger partial charge on any atom is -0.497 e. The lowest BCUT2D eigenvalue weighted by Crippen LogP contribution is -2.05. The molecule has 2 heterocycles. The number of imidazole rings is 1. The number of fused-ring (bicyclic) bond motifs is 1. The second kappa shape index (κ2) is 4.89. The Balaban J connectivity index is 1.94. The molecule has 0 bridgehead atoms. The van der Waals surface area contributed by atoms with Crippen molar-refractivity contribution < 1.29 is 4.74 Å². The molecule has 0 aliphatic heterocycles. The van der Waals surface area contributed by atoms with Crippen LogP contribution in [0.4, 0.5) is 5.95 Å². The van der Waals surface area contributed by atoms with Gasteiger partial charge >= 0.3 is 0 Å². The van der Waals surface area contributed by atoms with Crippen molar-refractivity contribution in [1.82, 2.24) is 14.5 Å². The average molecular weight is 274 g/mol. The molecule has 0 aliphatic carbocycles. The van der Waals surface area contributed by atoms with Gasteiger partial charge in [0.1, 0.15) is 5.75 Å². The number of aromatic nitrogens is 3. The van der Waals surface area contributed by atoms with Gasteiger partial charge in [-0.15, -0.1) is 11.3 Å². The Labute approximate surface area is 114 Å². The van der Waals surface area contributed by atoms with Gasteiger partial charge in [0.2, 0.25) is 5.95 Å². The third kappa shape index (κ3) is 2.26. The number of ether oxygens (including phenoxy) is 1. The van der Waals surface area contributed by atoms with E-state index >= 15 is 0 Å². The molecular weight excluding hydrogens is 260 g/mol. The third-order valence-electron chi connectivity index (χ3n) is 3.06. The average Bonchev–Trinajstić information content (AvgIpc) is 3.03. The molecule has 3 rings (SSSR count). The highest BCUT2D eigenvalue weighted by atomic mass is 32.1. The van der Waals surface area contributed by atoms with E-state index in [1.807, 2.05) is 28.3 Å². The van der Waals surface area contributed by atoms with Gasteiger partial charge in [0.25, 0.3) is 0 Å². The van der Waals surface area contributed by atoms with Crippen molar-refractivity contribution in [2.24, 2.45) is 0 Å². The summed E-state index contributed by atoms with van der Waals surface area (Å²) >= 11 is 1.60. The van der Waals surface area contributed by atoms with E-state index in [4.69, 9.17) is 10.5 Å². The molecule has 2 aromatic heterocycles. The molecule has 0 spiro atoms. The maximum atomic E-state index is 5.98. The van der Waals surface area contributed by atoms with Crippen LogP contribution in [0.5, 0.6) is 5.75 Å². The molecule has 1 aromatic carbocycles. The van der Waals surface area contributed by atoms with E-state index in [9.17, 15) is 0 Å². The van der Waals surface area contributed by atoms with Gasteiger partial charge in [-0.3, -0.25) is 0 Å². The summed E-state index contributed by atoms with van der Waals surface area (Å²) < 4.78 is 7.24. The van der Waals surface area contributed by atoms with Gasteiger partial charge in [-0.2, -0.15) is 0 Å². The summed E-state index contributed by atoms with van der Waals surface area (Å²) in [5.74, 6) is 1.33. The van der Waals surface area contributed by atoms with Crippen LogP contribution >= 0.6 is 11.3 Å². The first-order valence-corrected chi connectivity index (χ1v) is 6.89. The summed E-state index contributed by atoms with van der Waals surface area (Å²) in [4.78, 5) is 8.63. The first-order valence-electron chi connectivity index (χ1n) is 5.95.